The summed E-state index contributed by atoms with van der Waals surface area (Å²) in [5.41, 5.74) is 1.11. The molecule has 11 heavy (non-hydrogen) atoms. The molecule has 0 spiro atoms. The molecular formula is C8H9Cl2N. The third-order valence-electron chi connectivity index (χ3n) is 1.48. The first-order chi connectivity index (χ1) is 5.11. The van der Waals surface area contributed by atoms with Crippen LogP contribution in [-0.2, 0) is 0 Å². The van der Waals surface area contributed by atoms with Crippen LogP contribution in [0.25, 0.3) is 0 Å². The van der Waals surface area contributed by atoms with Gasteiger partial charge in [-0.3, -0.25) is 0 Å². The topological polar surface area (TPSA) is 12.9 Å². The van der Waals surface area contributed by atoms with Gasteiger partial charge >= 0.3 is 0 Å². The zero-order chi connectivity index (χ0) is 8.43. The van der Waals surface area contributed by atoms with Crippen LogP contribution in [0.3, 0.4) is 0 Å². The van der Waals surface area contributed by atoms with Crippen LogP contribution in [0.4, 0.5) is 0 Å². The second-order valence-corrected chi connectivity index (χ2v) is 3.46. The van der Waals surface area contributed by atoms with Crippen molar-refractivity contribution >= 4 is 23.2 Å². The van der Waals surface area contributed by atoms with Crippen molar-refractivity contribution in [1.82, 2.24) is 4.98 Å². The van der Waals surface area contributed by atoms with Crippen molar-refractivity contribution < 1.29 is 0 Å². The minimum atomic E-state index is 0.371. The van der Waals surface area contributed by atoms with Gasteiger partial charge in [-0.1, -0.05) is 37.0 Å². The van der Waals surface area contributed by atoms with Crippen molar-refractivity contribution in [2.45, 2.75) is 19.8 Å². The van der Waals surface area contributed by atoms with Crippen LogP contribution in [-0.4, -0.2) is 4.98 Å². The third kappa shape index (κ3) is 2.08. The summed E-state index contributed by atoms with van der Waals surface area (Å²) >= 11 is 11.4. The Bertz CT molecular complexity index is 258. The van der Waals surface area contributed by atoms with Gasteiger partial charge in [0.1, 0.15) is 5.15 Å². The Morgan fingerprint density at radius 2 is 2.00 bits per heavy atom. The van der Waals surface area contributed by atoms with E-state index in [2.05, 4.69) is 18.8 Å². The second-order valence-electron chi connectivity index (χ2n) is 2.70. The number of pyridine rings is 1. The van der Waals surface area contributed by atoms with Gasteiger partial charge in [-0.25, -0.2) is 4.98 Å². The van der Waals surface area contributed by atoms with E-state index in [4.69, 9.17) is 23.2 Å². The molecule has 1 heterocycles. The quantitative estimate of drug-likeness (QED) is 0.617. The van der Waals surface area contributed by atoms with Gasteiger partial charge in [0.15, 0.2) is 0 Å². The van der Waals surface area contributed by atoms with Gasteiger partial charge in [0.05, 0.1) is 5.02 Å². The molecule has 0 N–H and O–H groups in total. The Morgan fingerprint density at radius 3 is 2.45 bits per heavy atom. The maximum absolute atomic E-state index is 5.76. The van der Waals surface area contributed by atoms with Gasteiger partial charge in [-0.15, -0.1) is 0 Å². The number of rotatable bonds is 1. The van der Waals surface area contributed by atoms with Crippen LogP contribution in [0.2, 0.25) is 10.2 Å². The lowest BCUT2D eigenvalue weighted by Crippen LogP contribution is -1.88. The fraction of sp³-hybridized carbons (Fsp3) is 0.375. The molecule has 0 aromatic carbocycles. The van der Waals surface area contributed by atoms with E-state index in [1.807, 2.05) is 6.07 Å². The molecule has 0 saturated heterocycles. The van der Waals surface area contributed by atoms with E-state index >= 15 is 0 Å². The minimum absolute atomic E-state index is 0.371. The van der Waals surface area contributed by atoms with Gasteiger partial charge in [-0.05, 0) is 17.5 Å². The lowest BCUT2D eigenvalue weighted by Gasteiger charge is -2.04. The van der Waals surface area contributed by atoms with E-state index in [0.717, 1.165) is 5.56 Å². The Hall–Kier alpha value is -0.270. The van der Waals surface area contributed by atoms with E-state index < -0.39 is 0 Å². The summed E-state index contributed by atoms with van der Waals surface area (Å²) in [4.78, 5) is 3.93. The highest BCUT2D eigenvalue weighted by Crippen LogP contribution is 2.23. The molecule has 0 saturated carbocycles. The summed E-state index contributed by atoms with van der Waals surface area (Å²) in [6, 6.07) is 1.85. The number of hydrogen-bond donors (Lipinski definition) is 0. The van der Waals surface area contributed by atoms with Gasteiger partial charge in [0.2, 0.25) is 0 Å². The zero-order valence-corrected chi connectivity index (χ0v) is 7.95. The molecule has 0 bridgehead atoms. The molecular weight excluding hydrogens is 181 g/mol. The van der Waals surface area contributed by atoms with Crippen molar-refractivity contribution in [1.29, 1.82) is 0 Å². The van der Waals surface area contributed by atoms with Gasteiger partial charge in [0.25, 0.3) is 0 Å². The van der Waals surface area contributed by atoms with E-state index in [1.54, 1.807) is 6.20 Å². The van der Waals surface area contributed by atoms with Crippen LogP contribution < -0.4 is 0 Å². The summed E-state index contributed by atoms with van der Waals surface area (Å²) in [5.74, 6) is 0.442. The molecule has 0 unspecified atom stereocenters. The molecule has 0 aliphatic rings. The molecule has 0 aliphatic heterocycles. The fourth-order valence-electron chi connectivity index (χ4n) is 0.752. The first-order valence-electron chi connectivity index (χ1n) is 3.42. The smallest absolute Gasteiger partial charge is 0.147 e. The summed E-state index contributed by atoms with van der Waals surface area (Å²) < 4.78 is 0. The van der Waals surface area contributed by atoms with Crippen LogP contribution >= 0.6 is 23.2 Å². The van der Waals surface area contributed by atoms with E-state index in [9.17, 15) is 0 Å². The monoisotopic (exact) mass is 189 g/mol. The molecule has 0 fully saturated rings. The van der Waals surface area contributed by atoms with Crippen LogP contribution in [0.5, 0.6) is 0 Å². The van der Waals surface area contributed by atoms with Crippen molar-refractivity contribution in [2.24, 2.45) is 0 Å². The Balaban J connectivity index is 3.05. The normalized spacial score (nSPS) is 10.6. The number of halogens is 2. The van der Waals surface area contributed by atoms with Crippen LogP contribution in [0, 0.1) is 0 Å². The fourth-order valence-corrected chi connectivity index (χ4v) is 1.03. The van der Waals surface area contributed by atoms with E-state index in [-0.39, 0.29) is 0 Å². The van der Waals surface area contributed by atoms with Crippen molar-refractivity contribution in [3.8, 4) is 0 Å². The maximum Gasteiger partial charge on any atom is 0.147 e. The molecule has 60 valence electrons. The average molecular weight is 190 g/mol. The molecule has 1 rings (SSSR count). The third-order valence-corrected chi connectivity index (χ3v) is 2.17. The lowest BCUT2D eigenvalue weighted by atomic mass is 10.1. The molecule has 0 aliphatic carbocycles. The van der Waals surface area contributed by atoms with E-state index in [0.29, 0.717) is 16.1 Å². The van der Waals surface area contributed by atoms with Crippen LogP contribution in [0.1, 0.15) is 25.3 Å². The molecule has 1 nitrogen and oxygen atoms in total. The van der Waals surface area contributed by atoms with Gasteiger partial charge in [-0.2, -0.15) is 0 Å². The van der Waals surface area contributed by atoms with Crippen molar-refractivity contribution in [2.75, 3.05) is 0 Å². The number of hydrogen-bond acceptors (Lipinski definition) is 1. The first-order valence-corrected chi connectivity index (χ1v) is 4.18. The largest absolute Gasteiger partial charge is 0.243 e. The van der Waals surface area contributed by atoms with Gasteiger partial charge < -0.3 is 0 Å². The number of aromatic nitrogens is 1. The first kappa shape index (κ1) is 8.82. The highest BCUT2D eigenvalue weighted by Gasteiger charge is 2.03. The second kappa shape index (κ2) is 3.42. The molecule has 0 radical (unpaired) electrons. The van der Waals surface area contributed by atoms with E-state index in [1.165, 1.54) is 0 Å². The molecule has 1 aromatic heterocycles. The molecule has 0 atom stereocenters. The number of nitrogens with zero attached hydrogens (tertiary/aromatic N) is 1. The van der Waals surface area contributed by atoms with Gasteiger partial charge in [0, 0.05) is 6.20 Å². The predicted molar refractivity (Wildman–Crippen MR) is 48.3 cm³/mol. The predicted octanol–water partition coefficient (Wildman–Crippen LogP) is 3.51. The highest BCUT2D eigenvalue weighted by molar-refractivity contribution is 6.41. The SMILES string of the molecule is CC(C)c1cnc(Cl)c(Cl)c1. The Labute approximate surface area is 76.4 Å². The average Bonchev–Trinajstić information content (AvgIpc) is 1.94. The molecule has 3 heteroatoms. The maximum atomic E-state index is 5.76. The zero-order valence-electron chi connectivity index (χ0n) is 6.44. The Morgan fingerprint density at radius 1 is 1.36 bits per heavy atom. The van der Waals surface area contributed by atoms with Crippen molar-refractivity contribution in [3.63, 3.8) is 0 Å². The Kier molecular flexibility index (Phi) is 2.74. The summed E-state index contributed by atoms with van der Waals surface area (Å²) in [7, 11) is 0. The summed E-state index contributed by atoms with van der Waals surface area (Å²) in [6.07, 6.45) is 1.75. The highest BCUT2D eigenvalue weighted by atomic mass is 35.5. The standard InChI is InChI=1S/C8H9Cl2N/c1-5(2)6-3-7(9)8(10)11-4-6/h3-5H,1-2H3. The molecule has 1 aromatic rings. The minimum Gasteiger partial charge on any atom is -0.243 e. The lowest BCUT2D eigenvalue weighted by molar-refractivity contribution is 0.858. The summed E-state index contributed by atoms with van der Waals surface area (Å²) in [6.45, 7) is 4.17. The summed E-state index contributed by atoms with van der Waals surface area (Å²) in [5, 5.41) is 0.897. The van der Waals surface area contributed by atoms with Crippen LogP contribution in [0.15, 0.2) is 12.3 Å². The molecule has 0 amide bonds. The van der Waals surface area contributed by atoms with Crippen molar-refractivity contribution in [3.05, 3.63) is 28.0 Å².